The van der Waals surface area contributed by atoms with Gasteiger partial charge in [-0.1, -0.05) is 48.0 Å². The molecule has 7 heteroatoms. The number of allylic oxidation sites excluding steroid dienone is 3. The van der Waals surface area contributed by atoms with Gasteiger partial charge in [0.1, 0.15) is 5.58 Å². The normalized spacial score (nSPS) is 19.0. The third kappa shape index (κ3) is 4.82. The Labute approximate surface area is 236 Å². The number of dihydropyridines is 1. The molecule has 2 atom stereocenters. The number of aryl methyl sites for hydroxylation is 1. The number of nitrogens with one attached hydrogen (secondary N) is 1. The summed E-state index contributed by atoms with van der Waals surface area (Å²) in [6.45, 7) is 3.89. The van der Waals surface area contributed by atoms with Gasteiger partial charge in [-0.3, -0.25) is 9.59 Å². The Balaban J connectivity index is 1.42. The number of Topliss-reactive ketones (excluding diaryl/α,β-unsaturated/α-hetero) is 1. The van der Waals surface area contributed by atoms with E-state index in [1.807, 2.05) is 60.8 Å². The SMILES string of the molecule is CC1=C(C(=O)OCCc2ccccc2)[C@H](c2coc3ccc(C)cc3c2=O)C2=C(C[C@H](c3cccs3)CC2=O)N1. The van der Waals surface area contributed by atoms with Crippen LogP contribution in [0, 0.1) is 6.92 Å². The van der Waals surface area contributed by atoms with Crippen LogP contribution in [-0.4, -0.2) is 18.4 Å². The number of thiophene rings is 1. The molecular formula is C33H29NO5S. The van der Waals surface area contributed by atoms with Gasteiger partial charge in [0.05, 0.1) is 29.7 Å². The van der Waals surface area contributed by atoms with Gasteiger partial charge in [0, 0.05) is 46.2 Å². The fourth-order valence-corrected chi connectivity index (χ4v) is 6.62. The van der Waals surface area contributed by atoms with Crippen LogP contribution in [0.15, 0.2) is 104 Å². The topological polar surface area (TPSA) is 85.6 Å². The number of esters is 1. The maximum absolute atomic E-state index is 13.9. The lowest BCUT2D eigenvalue weighted by Crippen LogP contribution is -2.37. The molecule has 0 amide bonds. The lowest BCUT2D eigenvalue weighted by atomic mass is 9.73. The van der Waals surface area contributed by atoms with Crippen LogP contribution in [0.25, 0.3) is 11.0 Å². The van der Waals surface area contributed by atoms with E-state index >= 15 is 0 Å². The second-order valence-electron chi connectivity index (χ2n) is 10.4. The van der Waals surface area contributed by atoms with Crippen LogP contribution >= 0.6 is 11.3 Å². The Morgan fingerprint density at radius 1 is 1.05 bits per heavy atom. The Hall–Kier alpha value is -4.23. The smallest absolute Gasteiger partial charge is 0.336 e. The molecule has 0 fully saturated rings. The van der Waals surface area contributed by atoms with Crippen LogP contribution in [0.1, 0.15) is 53.2 Å². The summed E-state index contributed by atoms with van der Waals surface area (Å²) in [5.74, 6) is -1.46. The molecule has 202 valence electrons. The Bertz CT molecular complexity index is 1730. The Morgan fingerprint density at radius 2 is 1.88 bits per heavy atom. The molecule has 0 saturated carbocycles. The van der Waals surface area contributed by atoms with Gasteiger partial charge in [-0.05, 0) is 49.4 Å². The maximum atomic E-state index is 13.9. The summed E-state index contributed by atoms with van der Waals surface area (Å²) in [4.78, 5) is 42.5. The number of fused-ring (bicyclic) bond motifs is 1. The third-order valence-electron chi connectivity index (χ3n) is 7.73. The molecule has 0 saturated heterocycles. The van der Waals surface area contributed by atoms with E-state index < -0.39 is 11.9 Å². The van der Waals surface area contributed by atoms with E-state index in [1.165, 1.54) is 6.26 Å². The fraction of sp³-hybridized carbons (Fsp3) is 0.242. The van der Waals surface area contributed by atoms with Crippen LogP contribution < -0.4 is 10.7 Å². The van der Waals surface area contributed by atoms with Crippen molar-refractivity contribution in [1.29, 1.82) is 0 Å². The number of carbonyl (C=O) groups is 2. The van der Waals surface area contributed by atoms with Gasteiger partial charge in [-0.2, -0.15) is 0 Å². The number of ketones is 1. The van der Waals surface area contributed by atoms with Gasteiger partial charge in [-0.15, -0.1) is 11.3 Å². The van der Waals surface area contributed by atoms with Crippen molar-refractivity contribution in [3.05, 3.63) is 127 Å². The van der Waals surface area contributed by atoms with E-state index in [0.29, 0.717) is 41.5 Å². The minimum atomic E-state index is -0.876. The van der Waals surface area contributed by atoms with Gasteiger partial charge >= 0.3 is 5.97 Å². The minimum absolute atomic E-state index is 0.0437. The van der Waals surface area contributed by atoms with E-state index in [0.717, 1.165) is 21.7 Å². The first-order valence-corrected chi connectivity index (χ1v) is 14.3. The van der Waals surface area contributed by atoms with Gasteiger partial charge < -0.3 is 14.5 Å². The van der Waals surface area contributed by atoms with Crippen LogP contribution in [0.2, 0.25) is 0 Å². The number of hydrogen-bond donors (Lipinski definition) is 1. The average molecular weight is 552 g/mol. The fourth-order valence-electron chi connectivity index (χ4n) is 5.79. The lowest BCUT2D eigenvalue weighted by molar-refractivity contribution is -0.139. The molecule has 2 aromatic heterocycles. The lowest BCUT2D eigenvalue weighted by Gasteiger charge is -2.36. The van der Waals surface area contributed by atoms with Gasteiger partial charge in [0.15, 0.2) is 11.2 Å². The van der Waals surface area contributed by atoms with Crippen molar-refractivity contribution < 1.29 is 18.7 Å². The van der Waals surface area contributed by atoms with Crippen molar-refractivity contribution in [2.45, 2.75) is 44.9 Å². The number of benzene rings is 2. The first-order valence-electron chi connectivity index (χ1n) is 13.4. The van der Waals surface area contributed by atoms with E-state index in [-0.39, 0.29) is 34.9 Å². The molecular weight excluding hydrogens is 522 g/mol. The average Bonchev–Trinajstić information content (AvgIpc) is 3.49. The summed E-state index contributed by atoms with van der Waals surface area (Å²) in [7, 11) is 0. The molecule has 1 aliphatic carbocycles. The van der Waals surface area contributed by atoms with Crippen molar-refractivity contribution >= 4 is 34.1 Å². The highest BCUT2D eigenvalue weighted by Gasteiger charge is 2.43. The monoisotopic (exact) mass is 551 g/mol. The van der Waals surface area contributed by atoms with Gasteiger partial charge in [0.2, 0.25) is 0 Å². The van der Waals surface area contributed by atoms with Gasteiger partial charge in [-0.25, -0.2) is 4.79 Å². The van der Waals surface area contributed by atoms with Crippen molar-refractivity contribution in [2.75, 3.05) is 6.61 Å². The van der Waals surface area contributed by atoms with Crippen LogP contribution in [0.3, 0.4) is 0 Å². The first-order chi connectivity index (χ1) is 19.4. The summed E-state index contributed by atoms with van der Waals surface area (Å²) in [6, 6.07) is 19.2. The van der Waals surface area contributed by atoms with Crippen molar-refractivity contribution in [1.82, 2.24) is 5.32 Å². The predicted octanol–water partition coefficient (Wildman–Crippen LogP) is 6.31. The van der Waals surface area contributed by atoms with E-state index in [2.05, 4.69) is 5.32 Å². The summed E-state index contributed by atoms with van der Waals surface area (Å²) < 4.78 is 11.6. The van der Waals surface area contributed by atoms with Crippen LogP contribution in [0.5, 0.6) is 0 Å². The van der Waals surface area contributed by atoms with Crippen molar-refractivity contribution in [2.24, 2.45) is 0 Å². The second-order valence-corrected chi connectivity index (χ2v) is 11.4. The van der Waals surface area contributed by atoms with Crippen molar-refractivity contribution in [3.63, 3.8) is 0 Å². The number of ether oxygens (including phenoxy) is 1. The van der Waals surface area contributed by atoms with Crippen LogP contribution in [0.4, 0.5) is 0 Å². The molecule has 0 radical (unpaired) electrons. The molecule has 2 aliphatic rings. The summed E-state index contributed by atoms with van der Waals surface area (Å²) in [5, 5.41) is 5.79. The molecule has 6 nitrogen and oxygen atoms in total. The Morgan fingerprint density at radius 3 is 2.65 bits per heavy atom. The van der Waals surface area contributed by atoms with Gasteiger partial charge in [0.25, 0.3) is 0 Å². The largest absolute Gasteiger partial charge is 0.464 e. The highest BCUT2D eigenvalue weighted by atomic mass is 32.1. The highest BCUT2D eigenvalue weighted by molar-refractivity contribution is 7.10. The molecule has 1 aliphatic heterocycles. The summed E-state index contributed by atoms with van der Waals surface area (Å²) in [6.07, 6.45) is 2.89. The molecule has 0 spiro atoms. The minimum Gasteiger partial charge on any atom is -0.464 e. The van der Waals surface area contributed by atoms with E-state index in [1.54, 1.807) is 30.4 Å². The molecule has 2 aromatic carbocycles. The number of rotatable bonds is 6. The molecule has 0 bridgehead atoms. The molecule has 40 heavy (non-hydrogen) atoms. The molecule has 4 aromatic rings. The Kier molecular flexibility index (Phi) is 6.98. The summed E-state index contributed by atoms with van der Waals surface area (Å²) in [5.41, 5.74) is 4.51. The van der Waals surface area contributed by atoms with E-state index in [4.69, 9.17) is 9.15 Å². The predicted molar refractivity (Wildman–Crippen MR) is 155 cm³/mol. The zero-order valence-electron chi connectivity index (χ0n) is 22.4. The highest BCUT2D eigenvalue weighted by Crippen LogP contribution is 2.46. The summed E-state index contributed by atoms with van der Waals surface area (Å²) >= 11 is 1.63. The maximum Gasteiger partial charge on any atom is 0.336 e. The molecule has 0 unspecified atom stereocenters. The molecule has 6 rings (SSSR count). The second kappa shape index (κ2) is 10.7. The standard InChI is InChI=1S/C33H29NO5S/c1-19-10-11-27-23(15-19)32(36)24(18-39-27)30-29(33(37)38-13-12-21-7-4-3-5-8-21)20(2)34-25-16-22(17-26(35)31(25)30)28-9-6-14-40-28/h3-11,14-15,18,22,30,34H,12-13,16-17H2,1-2H3/t22-,30-/m0/s1. The number of carbonyl (C=O) groups excluding carboxylic acids is 2. The zero-order valence-corrected chi connectivity index (χ0v) is 23.2. The first kappa shape index (κ1) is 26.0. The quantitative estimate of drug-likeness (QED) is 0.283. The zero-order chi connectivity index (χ0) is 27.8. The molecule has 1 N–H and O–H groups in total. The van der Waals surface area contributed by atoms with E-state index in [9.17, 15) is 14.4 Å². The number of hydrogen-bond acceptors (Lipinski definition) is 7. The third-order valence-corrected chi connectivity index (χ3v) is 8.76. The van der Waals surface area contributed by atoms with Crippen LogP contribution in [-0.2, 0) is 20.7 Å². The van der Waals surface area contributed by atoms with Crippen molar-refractivity contribution in [3.8, 4) is 0 Å². The molecule has 3 heterocycles.